The van der Waals surface area contributed by atoms with Crippen molar-refractivity contribution in [2.24, 2.45) is 0 Å². The molecule has 1 saturated heterocycles. The van der Waals surface area contributed by atoms with Crippen LogP contribution in [0.4, 0.5) is 0 Å². The summed E-state index contributed by atoms with van der Waals surface area (Å²) in [5.74, 6) is -0.0259. The van der Waals surface area contributed by atoms with Gasteiger partial charge in [0.05, 0.1) is 21.3 Å². The summed E-state index contributed by atoms with van der Waals surface area (Å²) in [7, 11) is 0. The highest BCUT2D eigenvalue weighted by atomic mass is 35.5. The van der Waals surface area contributed by atoms with Crippen molar-refractivity contribution in [3.63, 3.8) is 0 Å². The van der Waals surface area contributed by atoms with Crippen molar-refractivity contribution < 1.29 is 9.59 Å². The topological polar surface area (TPSA) is 67.2 Å². The van der Waals surface area contributed by atoms with E-state index in [9.17, 15) is 9.59 Å². The maximum Gasteiger partial charge on any atom is 0.264 e. The first-order valence-electron chi connectivity index (χ1n) is 11.3. The van der Waals surface area contributed by atoms with Crippen molar-refractivity contribution in [1.82, 2.24) is 20.0 Å². The molecule has 4 aromatic rings. The Morgan fingerprint density at radius 3 is 2.50 bits per heavy atom. The van der Waals surface area contributed by atoms with E-state index in [-0.39, 0.29) is 17.9 Å². The Morgan fingerprint density at radius 2 is 1.76 bits per heavy atom. The minimum absolute atomic E-state index is 0.0231. The molecule has 2 aromatic carbocycles. The van der Waals surface area contributed by atoms with Crippen LogP contribution in [0, 0.1) is 13.8 Å². The second-order valence-corrected chi connectivity index (χ2v) is 10.1. The molecular formula is C26H25ClN4O2S. The Hall–Kier alpha value is -3.16. The molecule has 0 spiro atoms. The van der Waals surface area contributed by atoms with Crippen LogP contribution in [0.5, 0.6) is 0 Å². The van der Waals surface area contributed by atoms with Crippen molar-refractivity contribution >= 4 is 45.0 Å². The number of rotatable bonds is 4. The fraction of sp³-hybridized carbons (Fsp3) is 0.269. The second-order valence-electron chi connectivity index (χ2n) is 8.63. The Morgan fingerprint density at radius 1 is 1.06 bits per heavy atom. The summed E-state index contributed by atoms with van der Waals surface area (Å²) in [6, 6.07) is 17.1. The van der Waals surface area contributed by atoms with E-state index in [1.807, 2.05) is 78.0 Å². The van der Waals surface area contributed by atoms with Gasteiger partial charge in [0.15, 0.2) is 0 Å². The largest absolute Gasteiger partial charge is 0.349 e. The number of fused-ring (bicyclic) bond motifs is 1. The first kappa shape index (κ1) is 22.6. The molecule has 8 heteroatoms. The smallest absolute Gasteiger partial charge is 0.264 e. The fourth-order valence-electron chi connectivity index (χ4n) is 4.41. The van der Waals surface area contributed by atoms with Crippen molar-refractivity contribution in [2.75, 3.05) is 13.1 Å². The molecule has 0 bridgehead atoms. The van der Waals surface area contributed by atoms with Crippen LogP contribution in [0.1, 0.15) is 44.1 Å². The quantitative estimate of drug-likeness (QED) is 0.415. The average molecular weight is 493 g/mol. The number of aromatic nitrogens is 2. The van der Waals surface area contributed by atoms with E-state index in [0.717, 1.165) is 40.0 Å². The van der Waals surface area contributed by atoms with Crippen LogP contribution in [0.25, 0.3) is 15.9 Å². The standard InChI is InChI=1S/C26H25ClN4O2S/c1-16-7-3-4-8-19(16)24(32)28-18-11-13-30(14-12-18)25(33)23-15-20-17(2)29-31(26(20)34-23)22-10-6-5-9-21(22)27/h3-10,15,18H,11-14H2,1-2H3,(H,28,32). The van der Waals surface area contributed by atoms with Gasteiger partial charge in [-0.15, -0.1) is 11.3 Å². The molecule has 2 aromatic heterocycles. The predicted molar refractivity (Wildman–Crippen MR) is 136 cm³/mol. The zero-order chi connectivity index (χ0) is 23.8. The lowest BCUT2D eigenvalue weighted by molar-refractivity contribution is 0.0703. The van der Waals surface area contributed by atoms with Crippen LogP contribution < -0.4 is 5.32 Å². The number of nitrogens with one attached hydrogen (secondary N) is 1. The highest BCUT2D eigenvalue weighted by Crippen LogP contribution is 2.33. The van der Waals surface area contributed by atoms with Gasteiger partial charge in [0.1, 0.15) is 4.83 Å². The molecule has 0 atom stereocenters. The molecule has 3 heterocycles. The summed E-state index contributed by atoms with van der Waals surface area (Å²) in [5, 5.41) is 9.35. The van der Waals surface area contributed by atoms with Gasteiger partial charge in [-0.3, -0.25) is 9.59 Å². The Balaban J connectivity index is 1.28. The van der Waals surface area contributed by atoms with E-state index in [1.165, 1.54) is 11.3 Å². The number of carbonyl (C=O) groups excluding carboxylic acids is 2. The number of para-hydroxylation sites is 1. The Bertz CT molecular complexity index is 1380. The van der Waals surface area contributed by atoms with Gasteiger partial charge in [-0.05, 0) is 56.5 Å². The van der Waals surface area contributed by atoms with Crippen molar-refractivity contribution in [1.29, 1.82) is 0 Å². The molecule has 1 N–H and O–H groups in total. The summed E-state index contributed by atoms with van der Waals surface area (Å²) in [6.07, 6.45) is 1.47. The van der Waals surface area contributed by atoms with E-state index in [2.05, 4.69) is 10.4 Å². The molecule has 174 valence electrons. The first-order valence-corrected chi connectivity index (χ1v) is 12.5. The van der Waals surface area contributed by atoms with Gasteiger partial charge in [0.2, 0.25) is 0 Å². The van der Waals surface area contributed by atoms with Crippen molar-refractivity contribution in [3.05, 3.63) is 81.3 Å². The van der Waals surface area contributed by atoms with Gasteiger partial charge in [0, 0.05) is 30.1 Å². The summed E-state index contributed by atoms with van der Waals surface area (Å²) in [5.41, 5.74) is 3.33. The van der Waals surface area contributed by atoms with Gasteiger partial charge in [-0.25, -0.2) is 4.68 Å². The fourth-order valence-corrected chi connectivity index (χ4v) is 5.77. The number of piperidine rings is 1. The van der Waals surface area contributed by atoms with Crippen LogP contribution in [-0.2, 0) is 0 Å². The third-order valence-corrected chi connectivity index (χ3v) is 7.76. The number of hydrogen-bond acceptors (Lipinski definition) is 4. The number of benzene rings is 2. The number of nitrogens with zero attached hydrogens (tertiary/aromatic N) is 3. The molecular weight excluding hydrogens is 468 g/mol. The molecule has 0 unspecified atom stereocenters. The molecule has 1 fully saturated rings. The predicted octanol–water partition coefficient (Wildman–Crippen LogP) is 5.39. The monoisotopic (exact) mass is 492 g/mol. The molecule has 1 aliphatic rings. The molecule has 0 aliphatic carbocycles. The average Bonchev–Trinajstić information content (AvgIpc) is 3.40. The van der Waals surface area contributed by atoms with E-state index in [0.29, 0.717) is 28.6 Å². The molecule has 0 saturated carbocycles. The highest BCUT2D eigenvalue weighted by Gasteiger charge is 2.27. The number of likely N-dealkylation sites (tertiary alicyclic amines) is 1. The summed E-state index contributed by atoms with van der Waals surface area (Å²) >= 11 is 7.84. The molecule has 6 nitrogen and oxygen atoms in total. The van der Waals surface area contributed by atoms with Gasteiger partial charge < -0.3 is 10.2 Å². The Kier molecular flexibility index (Phi) is 6.15. The van der Waals surface area contributed by atoms with E-state index < -0.39 is 0 Å². The molecule has 0 radical (unpaired) electrons. The van der Waals surface area contributed by atoms with Gasteiger partial charge in [-0.2, -0.15) is 5.10 Å². The van der Waals surface area contributed by atoms with Crippen LogP contribution in [0.2, 0.25) is 5.02 Å². The summed E-state index contributed by atoms with van der Waals surface area (Å²) in [6.45, 7) is 5.11. The maximum absolute atomic E-state index is 13.3. The number of amides is 2. The minimum atomic E-state index is -0.0491. The molecule has 5 rings (SSSR count). The van der Waals surface area contributed by atoms with Crippen LogP contribution >= 0.6 is 22.9 Å². The summed E-state index contributed by atoms with van der Waals surface area (Å²) < 4.78 is 1.82. The number of carbonyl (C=O) groups is 2. The van der Waals surface area contributed by atoms with Crippen molar-refractivity contribution in [3.8, 4) is 5.69 Å². The molecule has 34 heavy (non-hydrogen) atoms. The number of thiophene rings is 1. The minimum Gasteiger partial charge on any atom is -0.349 e. The second kappa shape index (κ2) is 9.24. The van der Waals surface area contributed by atoms with Crippen LogP contribution in [-0.4, -0.2) is 45.6 Å². The van der Waals surface area contributed by atoms with Crippen LogP contribution in [0.3, 0.4) is 0 Å². The summed E-state index contributed by atoms with van der Waals surface area (Å²) in [4.78, 5) is 29.4. The van der Waals surface area contributed by atoms with E-state index >= 15 is 0 Å². The van der Waals surface area contributed by atoms with Crippen LogP contribution in [0.15, 0.2) is 54.6 Å². The van der Waals surface area contributed by atoms with Gasteiger partial charge in [-0.1, -0.05) is 41.9 Å². The normalized spacial score (nSPS) is 14.5. The van der Waals surface area contributed by atoms with Gasteiger partial charge in [0.25, 0.3) is 11.8 Å². The zero-order valence-corrected chi connectivity index (χ0v) is 20.6. The maximum atomic E-state index is 13.3. The zero-order valence-electron chi connectivity index (χ0n) is 19.0. The van der Waals surface area contributed by atoms with E-state index in [4.69, 9.17) is 11.6 Å². The van der Waals surface area contributed by atoms with Gasteiger partial charge >= 0.3 is 0 Å². The Labute approximate surface area is 207 Å². The van der Waals surface area contributed by atoms with E-state index in [1.54, 1.807) is 0 Å². The number of halogens is 1. The first-order chi connectivity index (χ1) is 16.4. The third-order valence-electron chi connectivity index (χ3n) is 6.34. The molecule has 2 amide bonds. The number of hydrogen-bond donors (Lipinski definition) is 1. The third kappa shape index (κ3) is 4.21. The van der Waals surface area contributed by atoms with Crippen molar-refractivity contribution in [2.45, 2.75) is 32.7 Å². The number of aryl methyl sites for hydroxylation is 2. The SMILES string of the molecule is Cc1ccccc1C(=O)NC1CCN(C(=O)c2cc3c(C)nn(-c4ccccc4Cl)c3s2)CC1. The lowest BCUT2D eigenvalue weighted by atomic mass is 10.0. The lowest BCUT2D eigenvalue weighted by Gasteiger charge is -2.32. The highest BCUT2D eigenvalue weighted by molar-refractivity contribution is 7.20. The molecule has 1 aliphatic heterocycles. The lowest BCUT2D eigenvalue weighted by Crippen LogP contribution is -2.46.